The second-order valence-corrected chi connectivity index (χ2v) is 10.4. The van der Waals surface area contributed by atoms with Crippen molar-refractivity contribution in [3.05, 3.63) is 56.4 Å². The molecule has 152 valence electrons. The van der Waals surface area contributed by atoms with Crippen LogP contribution in [0.4, 0.5) is 5.69 Å². The number of halogens is 1. The van der Waals surface area contributed by atoms with Crippen molar-refractivity contribution >= 4 is 27.4 Å². The van der Waals surface area contributed by atoms with Gasteiger partial charge in [0.25, 0.3) is 5.56 Å². The molecule has 4 aliphatic carbocycles. The Labute approximate surface area is 179 Å². The molecule has 3 saturated carbocycles. The van der Waals surface area contributed by atoms with Gasteiger partial charge in [-0.15, -0.1) is 0 Å². The Morgan fingerprint density at radius 2 is 1.97 bits per heavy atom. The van der Waals surface area contributed by atoms with E-state index in [1.165, 1.54) is 11.1 Å². The van der Waals surface area contributed by atoms with Crippen molar-refractivity contribution in [2.24, 2.45) is 23.2 Å². The zero-order valence-electron chi connectivity index (χ0n) is 17.0. The molecule has 6 heteroatoms. The zero-order valence-corrected chi connectivity index (χ0v) is 18.6. The number of carbonyl (C=O) groups excluding carboxylic acids is 1. The predicted octanol–water partition coefficient (Wildman–Crippen LogP) is 4.47. The zero-order chi connectivity index (χ0) is 20.5. The first-order valence-corrected chi connectivity index (χ1v) is 11.2. The minimum Gasteiger partial charge on any atom is -0.380 e. The minimum absolute atomic E-state index is 0.0361. The molecule has 1 N–H and O–H groups in total. The normalized spacial score (nSPS) is 31.9. The van der Waals surface area contributed by atoms with Crippen LogP contribution >= 0.6 is 15.9 Å². The fourth-order valence-electron chi connectivity index (χ4n) is 5.92. The van der Waals surface area contributed by atoms with Crippen LogP contribution in [-0.2, 0) is 6.42 Å². The van der Waals surface area contributed by atoms with Crippen molar-refractivity contribution in [1.82, 2.24) is 9.78 Å². The van der Waals surface area contributed by atoms with Gasteiger partial charge in [-0.3, -0.25) is 9.59 Å². The third-order valence-electron chi connectivity index (χ3n) is 7.93. The number of benzene rings is 1. The SMILES string of the molecule is C[C@@H]1[C@H]2C[C@@H](C[C@H]1Nc1cnn(C3Cc4ccccc4C3=O)c(=O)c1Br)C2(C)C. The maximum absolute atomic E-state index is 13.0. The predicted molar refractivity (Wildman–Crippen MR) is 116 cm³/mol. The Kier molecular flexibility index (Phi) is 4.28. The lowest BCUT2D eigenvalue weighted by Crippen LogP contribution is -2.58. The Morgan fingerprint density at radius 1 is 1.21 bits per heavy atom. The van der Waals surface area contributed by atoms with E-state index in [1.807, 2.05) is 24.3 Å². The van der Waals surface area contributed by atoms with E-state index in [0.717, 1.165) is 29.5 Å². The average molecular weight is 456 g/mol. The topological polar surface area (TPSA) is 64.0 Å². The molecule has 1 aromatic heterocycles. The number of rotatable bonds is 3. The number of Topliss-reactive ketones (excluding diaryl/α,β-unsaturated/α-hetero) is 1. The van der Waals surface area contributed by atoms with Gasteiger partial charge in [-0.2, -0.15) is 5.10 Å². The number of nitrogens with zero attached hydrogens (tertiary/aromatic N) is 2. The fraction of sp³-hybridized carbons (Fsp3) is 0.522. The van der Waals surface area contributed by atoms with Gasteiger partial charge in [0.05, 0.1) is 11.9 Å². The van der Waals surface area contributed by atoms with Gasteiger partial charge in [-0.1, -0.05) is 45.0 Å². The van der Waals surface area contributed by atoms with Crippen molar-refractivity contribution in [2.75, 3.05) is 5.32 Å². The van der Waals surface area contributed by atoms with Crippen LogP contribution in [0.5, 0.6) is 0 Å². The van der Waals surface area contributed by atoms with E-state index in [1.54, 1.807) is 6.20 Å². The summed E-state index contributed by atoms with van der Waals surface area (Å²) < 4.78 is 1.80. The first-order valence-electron chi connectivity index (χ1n) is 10.4. The molecule has 2 aromatic rings. The molecule has 5 nitrogen and oxygen atoms in total. The molecule has 0 radical (unpaired) electrons. The fourth-order valence-corrected chi connectivity index (χ4v) is 6.32. The number of aromatic nitrogens is 2. The number of fused-ring (bicyclic) bond motifs is 3. The molecule has 4 aliphatic rings. The van der Waals surface area contributed by atoms with Gasteiger partial charge in [0.1, 0.15) is 10.5 Å². The van der Waals surface area contributed by atoms with Crippen LogP contribution in [0.2, 0.25) is 0 Å². The van der Waals surface area contributed by atoms with E-state index in [9.17, 15) is 9.59 Å². The van der Waals surface area contributed by atoms with E-state index < -0.39 is 6.04 Å². The van der Waals surface area contributed by atoms with Gasteiger partial charge in [-0.05, 0) is 57.5 Å². The molecule has 5 atom stereocenters. The number of carbonyl (C=O) groups is 1. The van der Waals surface area contributed by atoms with Crippen molar-refractivity contribution in [3.63, 3.8) is 0 Å². The van der Waals surface area contributed by atoms with Gasteiger partial charge in [-0.25, -0.2) is 4.68 Å². The number of hydrogen-bond acceptors (Lipinski definition) is 4. The molecule has 1 aromatic carbocycles. The Morgan fingerprint density at radius 3 is 2.66 bits per heavy atom. The summed E-state index contributed by atoms with van der Waals surface area (Å²) in [6, 6.07) is 7.33. The smallest absolute Gasteiger partial charge is 0.283 e. The van der Waals surface area contributed by atoms with E-state index in [2.05, 4.69) is 47.1 Å². The second-order valence-electron chi connectivity index (χ2n) is 9.57. The third-order valence-corrected chi connectivity index (χ3v) is 8.70. The van der Waals surface area contributed by atoms with Crippen LogP contribution in [0, 0.1) is 23.2 Å². The summed E-state index contributed by atoms with van der Waals surface area (Å²) in [5.41, 5.74) is 2.57. The monoisotopic (exact) mass is 455 g/mol. The number of anilines is 1. The molecular weight excluding hydrogens is 430 g/mol. The molecule has 29 heavy (non-hydrogen) atoms. The van der Waals surface area contributed by atoms with Crippen LogP contribution < -0.4 is 10.9 Å². The van der Waals surface area contributed by atoms with Crippen LogP contribution in [0.25, 0.3) is 0 Å². The summed E-state index contributed by atoms with van der Waals surface area (Å²) in [5.74, 6) is 1.98. The minimum atomic E-state index is -0.563. The van der Waals surface area contributed by atoms with Crippen molar-refractivity contribution in [3.8, 4) is 0 Å². The highest BCUT2D eigenvalue weighted by atomic mass is 79.9. The second kappa shape index (κ2) is 6.53. The standard InChI is InChI=1S/C23H26BrN3O2/c1-12-16-9-14(23(16,2)3)10-17(12)26-18-11-25-27(22(29)20(18)24)19-8-13-6-4-5-7-15(13)21(19)28/h4-7,11-12,14,16-17,19,26H,8-10H2,1-3H3/t12-,14+,16-,17-,19?/m1/s1. The quantitative estimate of drug-likeness (QED) is 0.741. The lowest BCUT2D eigenvalue weighted by atomic mass is 9.45. The van der Waals surface area contributed by atoms with Gasteiger partial charge < -0.3 is 5.32 Å². The summed E-state index contributed by atoms with van der Waals surface area (Å²) >= 11 is 3.48. The van der Waals surface area contributed by atoms with Crippen LogP contribution in [-0.4, -0.2) is 21.6 Å². The average Bonchev–Trinajstić information content (AvgIpc) is 3.03. The highest BCUT2D eigenvalue weighted by Crippen LogP contribution is 2.61. The Bertz CT molecular complexity index is 1060. The van der Waals surface area contributed by atoms with Gasteiger partial charge in [0.2, 0.25) is 0 Å². The van der Waals surface area contributed by atoms with Crippen LogP contribution in [0.1, 0.15) is 55.6 Å². The summed E-state index contributed by atoms with van der Waals surface area (Å²) in [4.78, 5) is 25.8. The molecule has 0 amide bonds. The van der Waals surface area contributed by atoms with Crippen LogP contribution in [0.3, 0.4) is 0 Å². The lowest BCUT2D eigenvalue weighted by Gasteiger charge is -2.62. The Balaban J connectivity index is 1.39. The number of nitrogens with one attached hydrogen (secondary N) is 1. The molecule has 0 aliphatic heterocycles. The van der Waals surface area contributed by atoms with E-state index in [-0.39, 0.29) is 11.3 Å². The van der Waals surface area contributed by atoms with E-state index in [4.69, 9.17) is 0 Å². The summed E-state index contributed by atoms with van der Waals surface area (Å²) in [6.07, 6.45) is 4.65. The first kappa shape index (κ1) is 19.0. The molecule has 3 fully saturated rings. The molecule has 0 spiro atoms. The maximum Gasteiger partial charge on any atom is 0.283 e. The molecule has 1 heterocycles. The highest BCUT2D eigenvalue weighted by Gasteiger charge is 2.56. The molecule has 2 bridgehead atoms. The number of hydrogen-bond donors (Lipinski definition) is 1. The van der Waals surface area contributed by atoms with Crippen molar-refractivity contribution in [1.29, 1.82) is 0 Å². The van der Waals surface area contributed by atoms with E-state index >= 15 is 0 Å². The van der Waals surface area contributed by atoms with Crippen molar-refractivity contribution < 1.29 is 4.79 Å². The third kappa shape index (κ3) is 2.75. The van der Waals surface area contributed by atoms with Crippen LogP contribution in [0.15, 0.2) is 39.7 Å². The first-order chi connectivity index (χ1) is 13.8. The summed E-state index contributed by atoms with van der Waals surface area (Å²) in [7, 11) is 0. The van der Waals surface area contributed by atoms with Gasteiger partial charge >= 0.3 is 0 Å². The summed E-state index contributed by atoms with van der Waals surface area (Å²) in [5, 5.41) is 7.97. The molecule has 1 unspecified atom stereocenters. The number of ketones is 1. The lowest BCUT2D eigenvalue weighted by molar-refractivity contribution is -0.105. The van der Waals surface area contributed by atoms with Crippen molar-refractivity contribution in [2.45, 2.75) is 52.1 Å². The molecule has 0 saturated heterocycles. The van der Waals surface area contributed by atoms with Gasteiger partial charge in [0.15, 0.2) is 5.78 Å². The molecule has 6 rings (SSSR count). The maximum atomic E-state index is 13.0. The van der Waals surface area contributed by atoms with E-state index in [0.29, 0.717) is 33.8 Å². The van der Waals surface area contributed by atoms with Gasteiger partial charge in [0, 0.05) is 18.0 Å². The molecular formula is C23H26BrN3O2. The highest BCUT2D eigenvalue weighted by molar-refractivity contribution is 9.10. The Hall–Kier alpha value is -1.95. The summed E-state index contributed by atoms with van der Waals surface area (Å²) in [6.45, 7) is 7.08. The largest absolute Gasteiger partial charge is 0.380 e.